The van der Waals surface area contributed by atoms with E-state index in [1.165, 1.54) is 12.1 Å². The van der Waals surface area contributed by atoms with Crippen LogP contribution < -0.4 is 5.43 Å². The number of benzene rings is 3. The van der Waals surface area contributed by atoms with Gasteiger partial charge >= 0.3 is 0 Å². The molecule has 0 saturated heterocycles. The molecular formula is C23H16ClN3O3. The highest BCUT2D eigenvalue weighted by atomic mass is 35.5. The van der Waals surface area contributed by atoms with E-state index in [1.807, 2.05) is 18.2 Å². The molecule has 4 rings (SSSR count). The maximum atomic E-state index is 13.1. The van der Waals surface area contributed by atoms with Crippen molar-refractivity contribution < 1.29 is 14.7 Å². The van der Waals surface area contributed by atoms with E-state index in [2.05, 4.69) is 10.4 Å². The van der Waals surface area contributed by atoms with Crippen LogP contribution in [0, 0.1) is 0 Å². The number of nitrogens with zero attached hydrogens (tertiary/aromatic N) is 2. The number of carbonyl (C=O) groups is 2. The molecule has 0 spiro atoms. The molecule has 0 radical (unpaired) electrons. The molecule has 7 heteroatoms. The maximum Gasteiger partial charge on any atom is 0.297 e. The van der Waals surface area contributed by atoms with Gasteiger partial charge in [-0.1, -0.05) is 60.1 Å². The summed E-state index contributed by atoms with van der Waals surface area (Å²) < 4.78 is 0. The van der Waals surface area contributed by atoms with Crippen molar-refractivity contribution in [1.82, 2.24) is 10.4 Å². The van der Waals surface area contributed by atoms with Gasteiger partial charge in [-0.25, -0.2) is 4.99 Å². The zero-order chi connectivity index (χ0) is 21.1. The van der Waals surface area contributed by atoms with Crippen molar-refractivity contribution in [2.45, 2.75) is 0 Å². The number of halogens is 1. The SMILES string of the molecule is O=C(NN1C(=O)/C(=C/c2ccccc2O)N=C1c1ccccc1)c1ccc(Cl)cc1. The summed E-state index contributed by atoms with van der Waals surface area (Å²) in [4.78, 5) is 30.2. The van der Waals surface area contributed by atoms with Gasteiger partial charge in [-0.3, -0.25) is 15.0 Å². The standard InChI is InChI=1S/C23H16ClN3O3/c24-18-12-10-16(11-13-18)22(29)26-27-21(15-6-2-1-3-7-15)25-19(23(27)30)14-17-8-4-5-9-20(17)28/h1-14,28H,(H,26,29)/b19-14-. The Morgan fingerprint density at radius 1 is 0.967 bits per heavy atom. The Balaban J connectivity index is 1.70. The first kappa shape index (κ1) is 19.4. The summed E-state index contributed by atoms with van der Waals surface area (Å²) in [5.74, 6) is -0.686. The second-order valence-corrected chi connectivity index (χ2v) is 6.91. The molecule has 0 aliphatic carbocycles. The zero-order valence-electron chi connectivity index (χ0n) is 15.6. The van der Waals surface area contributed by atoms with Crippen molar-refractivity contribution in [3.63, 3.8) is 0 Å². The highest BCUT2D eigenvalue weighted by molar-refractivity contribution is 6.30. The number of hydrogen-bond donors (Lipinski definition) is 2. The smallest absolute Gasteiger partial charge is 0.297 e. The van der Waals surface area contributed by atoms with Gasteiger partial charge in [-0.05, 0) is 36.4 Å². The Morgan fingerprint density at radius 2 is 1.63 bits per heavy atom. The van der Waals surface area contributed by atoms with Crippen molar-refractivity contribution in [2.24, 2.45) is 4.99 Å². The molecule has 30 heavy (non-hydrogen) atoms. The zero-order valence-corrected chi connectivity index (χ0v) is 16.4. The Hall–Kier alpha value is -3.90. The van der Waals surface area contributed by atoms with E-state index in [9.17, 15) is 14.7 Å². The van der Waals surface area contributed by atoms with Gasteiger partial charge in [0.1, 0.15) is 11.4 Å². The van der Waals surface area contributed by atoms with Crippen molar-refractivity contribution >= 4 is 35.3 Å². The van der Waals surface area contributed by atoms with Gasteiger partial charge in [0.25, 0.3) is 11.8 Å². The molecular weight excluding hydrogens is 402 g/mol. The van der Waals surface area contributed by atoms with Crippen molar-refractivity contribution in [2.75, 3.05) is 0 Å². The molecule has 148 valence electrons. The first-order valence-electron chi connectivity index (χ1n) is 9.08. The second kappa shape index (κ2) is 8.23. The molecule has 0 atom stereocenters. The number of para-hydroxylation sites is 1. The molecule has 2 N–H and O–H groups in total. The molecule has 0 bridgehead atoms. The van der Waals surface area contributed by atoms with Crippen LogP contribution in [-0.4, -0.2) is 27.8 Å². The number of rotatable bonds is 4. The molecule has 1 aliphatic rings. The fraction of sp³-hybridized carbons (Fsp3) is 0. The first-order valence-corrected chi connectivity index (χ1v) is 9.45. The lowest BCUT2D eigenvalue weighted by molar-refractivity contribution is -0.124. The first-order chi connectivity index (χ1) is 14.5. The third kappa shape index (κ3) is 3.94. The number of phenolic OH excluding ortho intramolecular Hbond substituents is 1. The van der Waals surface area contributed by atoms with Gasteiger partial charge in [-0.2, -0.15) is 5.01 Å². The Bertz CT molecular complexity index is 1170. The van der Waals surface area contributed by atoms with Gasteiger partial charge in [0.2, 0.25) is 0 Å². The van der Waals surface area contributed by atoms with E-state index in [-0.39, 0.29) is 17.3 Å². The minimum absolute atomic E-state index is 0.0258. The molecule has 0 unspecified atom stereocenters. The Morgan fingerprint density at radius 3 is 2.33 bits per heavy atom. The van der Waals surface area contributed by atoms with E-state index in [1.54, 1.807) is 54.6 Å². The summed E-state index contributed by atoms with van der Waals surface area (Å²) in [6, 6.07) is 22.0. The van der Waals surface area contributed by atoms with Gasteiger partial charge in [-0.15, -0.1) is 0 Å². The second-order valence-electron chi connectivity index (χ2n) is 6.48. The van der Waals surface area contributed by atoms with E-state index < -0.39 is 11.8 Å². The van der Waals surface area contributed by atoms with Gasteiger partial charge in [0, 0.05) is 21.7 Å². The molecule has 6 nitrogen and oxygen atoms in total. The van der Waals surface area contributed by atoms with Gasteiger partial charge in [0.15, 0.2) is 5.84 Å². The van der Waals surface area contributed by atoms with Crippen LogP contribution in [0.15, 0.2) is 89.6 Å². The fourth-order valence-electron chi connectivity index (χ4n) is 2.93. The summed E-state index contributed by atoms with van der Waals surface area (Å²) in [5, 5.41) is 11.6. The number of hydrazine groups is 1. The molecule has 2 amide bonds. The monoisotopic (exact) mass is 417 g/mol. The number of hydrogen-bond acceptors (Lipinski definition) is 4. The number of aliphatic imine (C=N–C) groups is 1. The molecule has 3 aromatic carbocycles. The van der Waals surface area contributed by atoms with E-state index in [0.29, 0.717) is 21.7 Å². The van der Waals surface area contributed by atoms with Gasteiger partial charge < -0.3 is 5.11 Å². The molecule has 3 aromatic rings. The normalized spacial score (nSPS) is 14.7. The summed E-state index contributed by atoms with van der Waals surface area (Å²) in [7, 11) is 0. The average Bonchev–Trinajstić information content (AvgIpc) is 3.06. The highest BCUT2D eigenvalue weighted by Gasteiger charge is 2.33. The van der Waals surface area contributed by atoms with E-state index in [4.69, 9.17) is 11.6 Å². The minimum atomic E-state index is -0.514. The van der Waals surface area contributed by atoms with Crippen LogP contribution in [-0.2, 0) is 4.79 Å². The topological polar surface area (TPSA) is 82.0 Å². The maximum absolute atomic E-state index is 13.1. The molecule has 1 aliphatic heterocycles. The van der Waals surface area contributed by atoms with Crippen molar-refractivity contribution in [3.8, 4) is 5.75 Å². The molecule has 1 heterocycles. The number of nitrogens with one attached hydrogen (secondary N) is 1. The molecule has 0 aromatic heterocycles. The van der Waals surface area contributed by atoms with Crippen molar-refractivity contribution in [3.05, 3.63) is 106 Å². The summed E-state index contributed by atoms with van der Waals surface area (Å²) >= 11 is 5.88. The predicted molar refractivity (Wildman–Crippen MR) is 115 cm³/mol. The largest absolute Gasteiger partial charge is 0.507 e. The van der Waals surface area contributed by atoms with Crippen LogP contribution in [0.1, 0.15) is 21.5 Å². The number of aromatic hydroxyl groups is 1. The summed E-state index contributed by atoms with van der Waals surface area (Å²) in [5.41, 5.74) is 4.15. The lowest BCUT2D eigenvalue weighted by atomic mass is 10.1. The quantitative estimate of drug-likeness (QED) is 0.629. The third-order valence-electron chi connectivity index (χ3n) is 4.44. The van der Waals surface area contributed by atoms with Crippen LogP contribution in [0.4, 0.5) is 0 Å². The predicted octanol–water partition coefficient (Wildman–Crippen LogP) is 4.02. The summed E-state index contributed by atoms with van der Waals surface area (Å²) in [6.45, 7) is 0. The minimum Gasteiger partial charge on any atom is -0.507 e. The molecule has 0 fully saturated rings. The Kier molecular flexibility index (Phi) is 5.32. The third-order valence-corrected chi connectivity index (χ3v) is 4.69. The lowest BCUT2D eigenvalue weighted by Gasteiger charge is -2.19. The number of amidine groups is 1. The van der Waals surface area contributed by atoms with Crippen LogP contribution in [0.3, 0.4) is 0 Å². The van der Waals surface area contributed by atoms with E-state index in [0.717, 1.165) is 5.01 Å². The number of phenols is 1. The number of carbonyl (C=O) groups excluding carboxylic acids is 2. The summed E-state index contributed by atoms with van der Waals surface area (Å²) in [6.07, 6.45) is 1.48. The van der Waals surface area contributed by atoms with Crippen LogP contribution in [0.2, 0.25) is 5.02 Å². The lowest BCUT2D eigenvalue weighted by Crippen LogP contribution is -2.47. The number of amides is 2. The van der Waals surface area contributed by atoms with Crippen LogP contribution >= 0.6 is 11.6 Å². The Labute approximate surface area is 177 Å². The average molecular weight is 418 g/mol. The highest BCUT2D eigenvalue weighted by Crippen LogP contribution is 2.24. The van der Waals surface area contributed by atoms with Gasteiger partial charge in [0.05, 0.1) is 0 Å². The van der Waals surface area contributed by atoms with Crippen LogP contribution in [0.5, 0.6) is 5.75 Å². The van der Waals surface area contributed by atoms with Crippen molar-refractivity contribution in [1.29, 1.82) is 0 Å². The molecule has 0 saturated carbocycles. The van der Waals surface area contributed by atoms with E-state index >= 15 is 0 Å². The van der Waals surface area contributed by atoms with Crippen LogP contribution in [0.25, 0.3) is 6.08 Å². The fourth-order valence-corrected chi connectivity index (χ4v) is 3.05.